The predicted octanol–water partition coefficient (Wildman–Crippen LogP) is 3.84. The van der Waals surface area contributed by atoms with Gasteiger partial charge in [0.2, 0.25) is 0 Å². The second-order valence-corrected chi connectivity index (χ2v) is 8.77. The summed E-state index contributed by atoms with van der Waals surface area (Å²) < 4.78 is 35.8. The molecule has 0 amide bonds. The first-order valence-corrected chi connectivity index (χ1v) is 11.3. The number of hydrogen-bond acceptors (Lipinski definition) is 6. The van der Waals surface area contributed by atoms with Gasteiger partial charge in [0.05, 0.1) is 18.1 Å². The molecule has 1 aromatic rings. The number of esters is 2. The number of halogens is 1. The minimum absolute atomic E-state index is 0.00513. The SMILES string of the molecule is CCOC(=O)C1(C(=O)OCC)CC(=C\Br)/C(=C/S(=O)(=O)c2ccc(C)cc2)C1. The zero-order valence-corrected chi connectivity index (χ0v) is 18.4. The molecule has 6 nitrogen and oxygen atoms in total. The fourth-order valence-electron chi connectivity index (χ4n) is 3.06. The van der Waals surface area contributed by atoms with Crippen LogP contribution in [0.25, 0.3) is 0 Å². The van der Waals surface area contributed by atoms with Crippen LogP contribution in [0, 0.1) is 12.3 Å². The monoisotopic (exact) mass is 470 g/mol. The van der Waals surface area contributed by atoms with Gasteiger partial charge in [0, 0.05) is 18.2 Å². The largest absolute Gasteiger partial charge is 0.465 e. The lowest BCUT2D eigenvalue weighted by Gasteiger charge is -2.23. The zero-order valence-electron chi connectivity index (χ0n) is 16.0. The standard InChI is InChI=1S/C20H23BrO6S/c1-4-26-18(22)20(19(23)27-5-2)10-15(12-21)16(11-20)13-28(24,25)17-8-6-14(3)7-9-17/h6-9,12-13H,4-5,10-11H2,1-3H3/b15-12+,16-13+. The van der Waals surface area contributed by atoms with Gasteiger partial charge in [0.15, 0.2) is 15.3 Å². The van der Waals surface area contributed by atoms with E-state index in [1.165, 1.54) is 17.1 Å². The zero-order chi connectivity index (χ0) is 20.9. The smallest absolute Gasteiger partial charge is 0.324 e. The number of hydrogen-bond donors (Lipinski definition) is 0. The Morgan fingerprint density at radius 3 is 2.00 bits per heavy atom. The lowest BCUT2D eigenvalue weighted by atomic mass is 9.86. The lowest BCUT2D eigenvalue weighted by molar-refractivity contribution is -0.171. The van der Waals surface area contributed by atoms with E-state index in [1.54, 1.807) is 26.0 Å². The first-order chi connectivity index (χ1) is 13.2. The quantitative estimate of drug-likeness (QED) is 0.463. The molecule has 1 saturated carbocycles. The van der Waals surface area contributed by atoms with E-state index in [0.29, 0.717) is 11.1 Å². The van der Waals surface area contributed by atoms with Gasteiger partial charge in [-0.2, -0.15) is 0 Å². The number of carbonyl (C=O) groups excluding carboxylic acids is 2. The van der Waals surface area contributed by atoms with Crippen LogP contribution >= 0.6 is 15.9 Å². The molecule has 1 fully saturated rings. The summed E-state index contributed by atoms with van der Waals surface area (Å²) in [6.07, 6.45) is -0.0989. The Bertz CT molecular complexity index is 895. The summed E-state index contributed by atoms with van der Waals surface area (Å²) in [5.41, 5.74) is 0.271. The van der Waals surface area contributed by atoms with Gasteiger partial charge in [-0.1, -0.05) is 33.6 Å². The van der Waals surface area contributed by atoms with Gasteiger partial charge in [-0.15, -0.1) is 0 Å². The molecule has 0 atom stereocenters. The highest BCUT2D eigenvalue weighted by atomic mass is 79.9. The molecular formula is C20H23BrO6S. The van der Waals surface area contributed by atoms with E-state index in [1.807, 2.05) is 6.92 Å². The minimum atomic E-state index is -3.76. The van der Waals surface area contributed by atoms with Crippen LogP contribution in [-0.4, -0.2) is 33.6 Å². The average Bonchev–Trinajstić information content (AvgIpc) is 3.01. The number of benzene rings is 1. The first-order valence-electron chi connectivity index (χ1n) is 8.86. The Morgan fingerprint density at radius 2 is 1.54 bits per heavy atom. The van der Waals surface area contributed by atoms with Crippen molar-refractivity contribution in [3.05, 3.63) is 51.4 Å². The fraction of sp³-hybridized carbons (Fsp3) is 0.400. The normalized spacial score (nSPS) is 19.0. The van der Waals surface area contributed by atoms with E-state index in [-0.39, 0.29) is 31.0 Å². The predicted molar refractivity (Wildman–Crippen MR) is 108 cm³/mol. The number of rotatable bonds is 6. The topological polar surface area (TPSA) is 86.7 Å². The highest BCUT2D eigenvalue weighted by Gasteiger charge is 2.54. The highest BCUT2D eigenvalue weighted by Crippen LogP contribution is 2.48. The maximum absolute atomic E-state index is 12.8. The van der Waals surface area contributed by atoms with E-state index < -0.39 is 27.2 Å². The summed E-state index contributed by atoms with van der Waals surface area (Å²) in [5, 5.41) is 1.12. The van der Waals surface area contributed by atoms with Crippen molar-refractivity contribution in [1.29, 1.82) is 0 Å². The van der Waals surface area contributed by atoms with Crippen LogP contribution in [0.1, 0.15) is 32.3 Å². The van der Waals surface area contributed by atoms with Crippen LogP contribution < -0.4 is 0 Å². The van der Waals surface area contributed by atoms with Crippen LogP contribution in [-0.2, 0) is 28.9 Å². The van der Waals surface area contributed by atoms with E-state index in [2.05, 4.69) is 15.9 Å². The van der Waals surface area contributed by atoms with Gasteiger partial charge >= 0.3 is 11.9 Å². The minimum Gasteiger partial charge on any atom is -0.465 e. The Morgan fingerprint density at radius 1 is 1.04 bits per heavy atom. The van der Waals surface area contributed by atoms with Gasteiger partial charge < -0.3 is 9.47 Å². The highest BCUT2D eigenvalue weighted by molar-refractivity contribution is 9.11. The van der Waals surface area contributed by atoms with E-state index >= 15 is 0 Å². The van der Waals surface area contributed by atoms with E-state index in [0.717, 1.165) is 11.0 Å². The third kappa shape index (κ3) is 4.55. The molecule has 28 heavy (non-hydrogen) atoms. The first kappa shape index (κ1) is 22.4. The molecule has 2 rings (SSSR count). The Labute approximate surface area is 173 Å². The number of aryl methyl sites for hydroxylation is 1. The summed E-state index contributed by atoms with van der Waals surface area (Å²) in [6.45, 7) is 5.36. The summed E-state index contributed by atoms with van der Waals surface area (Å²) in [6, 6.07) is 6.47. The molecule has 0 heterocycles. The number of allylic oxidation sites excluding steroid dienone is 2. The molecule has 1 aromatic carbocycles. The van der Waals surface area contributed by atoms with Crippen molar-refractivity contribution in [2.24, 2.45) is 5.41 Å². The summed E-state index contributed by atoms with van der Waals surface area (Å²) in [4.78, 5) is 26.9. The molecule has 1 aliphatic carbocycles. The van der Waals surface area contributed by atoms with Crippen molar-refractivity contribution in [2.45, 2.75) is 38.5 Å². The van der Waals surface area contributed by atoms with Gasteiger partial charge in [0.1, 0.15) is 0 Å². The molecular weight excluding hydrogens is 448 g/mol. The molecule has 0 unspecified atom stereocenters. The maximum Gasteiger partial charge on any atom is 0.324 e. The third-order valence-electron chi connectivity index (χ3n) is 4.51. The van der Waals surface area contributed by atoms with Gasteiger partial charge in [0.25, 0.3) is 0 Å². The lowest BCUT2D eigenvalue weighted by Crippen LogP contribution is -2.40. The molecule has 8 heteroatoms. The molecule has 0 aliphatic heterocycles. The molecule has 0 spiro atoms. The van der Waals surface area contributed by atoms with Crippen molar-refractivity contribution < 1.29 is 27.5 Å². The molecule has 152 valence electrons. The van der Waals surface area contributed by atoms with Crippen LogP contribution in [0.3, 0.4) is 0 Å². The number of sulfone groups is 1. The fourth-order valence-corrected chi connectivity index (χ4v) is 4.78. The summed E-state index contributed by atoms with van der Waals surface area (Å²) in [5.74, 6) is -1.42. The molecule has 1 aliphatic rings. The maximum atomic E-state index is 12.8. The van der Waals surface area contributed by atoms with Crippen molar-refractivity contribution >= 4 is 37.7 Å². The van der Waals surface area contributed by atoms with Crippen molar-refractivity contribution in [1.82, 2.24) is 0 Å². The molecule has 0 saturated heterocycles. The number of ether oxygens (including phenoxy) is 2. The van der Waals surface area contributed by atoms with Gasteiger partial charge in [-0.25, -0.2) is 8.42 Å². The van der Waals surface area contributed by atoms with Crippen LogP contribution in [0.4, 0.5) is 0 Å². The average molecular weight is 471 g/mol. The Kier molecular flexibility index (Phi) is 7.22. The Balaban J connectivity index is 2.50. The number of carbonyl (C=O) groups is 2. The van der Waals surface area contributed by atoms with E-state index in [9.17, 15) is 18.0 Å². The van der Waals surface area contributed by atoms with Gasteiger partial charge in [-0.3, -0.25) is 9.59 Å². The van der Waals surface area contributed by atoms with E-state index in [4.69, 9.17) is 9.47 Å². The van der Waals surface area contributed by atoms with Gasteiger partial charge in [-0.05, 0) is 49.0 Å². The Hall–Kier alpha value is -1.93. The second-order valence-electron chi connectivity index (χ2n) is 6.51. The molecule has 0 aromatic heterocycles. The van der Waals surface area contributed by atoms with Crippen LogP contribution in [0.15, 0.2) is 50.7 Å². The van der Waals surface area contributed by atoms with Crippen molar-refractivity contribution in [3.8, 4) is 0 Å². The summed E-state index contributed by atoms with van der Waals surface area (Å²) in [7, 11) is -3.76. The van der Waals surface area contributed by atoms with Crippen LogP contribution in [0.2, 0.25) is 0 Å². The van der Waals surface area contributed by atoms with Crippen molar-refractivity contribution in [3.63, 3.8) is 0 Å². The molecule has 0 N–H and O–H groups in total. The van der Waals surface area contributed by atoms with Crippen LogP contribution in [0.5, 0.6) is 0 Å². The third-order valence-corrected chi connectivity index (χ3v) is 6.58. The molecule has 0 bridgehead atoms. The second kappa shape index (κ2) is 9.05. The molecule has 0 radical (unpaired) electrons. The summed E-state index contributed by atoms with van der Waals surface area (Å²) >= 11 is 3.22. The van der Waals surface area contributed by atoms with Crippen molar-refractivity contribution in [2.75, 3.05) is 13.2 Å².